The monoisotopic (exact) mass is 333 g/mol. The van der Waals surface area contributed by atoms with E-state index in [1.165, 1.54) is 5.56 Å². The summed E-state index contributed by atoms with van der Waals surface area (Å²) in [5.74, 6) is 0.553. The van der Waals surface area contributed by atoms with Crippen molar-refractivity contribution >= 4 is 6.03 Å². The second kappa shape index (κ2) is 6.76. The van der Waals surface area contributed by atoms with Gasteiger partial charge in [0.25, 0.3) is 0 Å². The first kappa shape index (κ1) is 16.0. The van der Waals surface area contributed by atoms with Crippen LogP contribution >= 0.6 is 0 Å². The molecule has 0 aliphatic carbocycles. The highest BCUT2D eigenvalue weighted by molar-refractivity contribution is 5.74. The highest BCUT2D eigenvalue weighted by atomic mass is 16.5. The van der Waals surface area contributed by atoms with Gasteiger partial charge in [-0.05, 0) is 37.7 Å². The van der Waals surface area contributed by atoms with E-state index in [2.05, 4.69) is 10.2 Å². The van der Waals surface area contributed by atoms with Gasteiger partial charge in [0.05, 0.1) is 18.1 Å². The molecule has 1 N–H and O–H groups in total. The summed E-state index contributed by atoms with van der Waals surface area (Å²) < 4.78 is 11.2. The van der Waals surface area contributed by atoms with E-state index in [1.807, 2.05) is 17.2 Å². The van der Waals surface area contributed by atoms with E-state index in [0.717, 1.165) is 71.6 Å². The Kier molecular flexibility index (Phi) is 4.50. The number of hydrogen-bond donors (Lipinski definition) is 1. The van der Waals surface area contributed by atoms with Gasteiger partial charge in [0.2, 0.25) is 0 Å². The number of carbonyl (C=O) groups is 1. The topological polar surface area (TPSA) is 58.0 Å². The summed E-state index contributed by atoms with van der Waals surface area (Å²) in [6.45, 7) is 6.33. The molecule has 132 valence electrons. The largest absolute Gasteiger partial charge is 0.472 e. The molecule has 6 nitrogen and oxygen atoms in total. The van der Waals surface area contributed by atoms with Gasteiger partial charge in [-0.25, -0.2) is 4.79 Å². The third kappa shape index (κ3) is 3.17. The number of nitrogens with zero attached hydrogens (tertiary/aromatic N) is 2. The van der Waals surface area contributed by atoms with Crippen molar-refractivity contribution in [3.05, 3.63) is 24.2 Å². The van der Waals surface area contributed by atoms with Gasteiger partial charge in [0.15, 0.2) is 0 Å². The van der Waals surface area contributed by atoms with Crippen molar-refractivity contribution in [1.82, 2.24) is 15.1 Å². The Labute approximate surface area is 143 Å². The fourth-order valence-electron chi connectivity index (χ4n) is 4.39. The Bertz CT molecular complexity index is 548. The fourth-order valence-corrected chi connectivity index (χ4v) is 4.39. The van der Waals surface area contributed by atoms with Gasteiger partial charge in [0, 0.05) is 51.4 Å². The van der Waals surface area contributed by atoms with Crippen LogP contribution in [0.5, 0.6) is 0 Å². The molecule has 4 rings (SSSR count). The molecule has 1 spiro atoms. The number of carbonyl (C=O) groups excluding carboxylic acids is 1. The van der Waals surface area contributed by atoms with Crippen molar-refractivity contribution in [2.45, 2.75) is 37.8 Å². The minimum Gasteiger partial charge on any atom is -0.472 e. The van der Waals surface area contributed by atoms with Crippen LogP contribution in [-0.2, 0) is 11.3 Å². The van der Waals surface area contributed by atoms with Gasteiger partial charge in [-0.3, -0.25) is 4.90 Å². The number of rotatable bonds is 5. The highest BCUT2D eigenvalue weighted by Gasteiger charge is 2.52. The first-order valence-electron chi connectivity index (χ1n) is 9.15. The summed E-state index contributed by atoms with van der Waals surface area (Å²) >= 11 is 0. The number of amides is 2. The number of urea groups is 1. The maximum absolute atomic E-state index is 12.1. The van der Waals surface area contributed by atoms with Gasteiger partial charge in [-0.1, -0.05) is 0 Å². The van der Waals surface area contributed by atoms with Crippen molar-refractivity contribution in [3.63, 3.8) is 0 Å². The third-order valence-corrected chi connectivity index (χ3v) is 5.73. The summed E-state index contributed by atoms with van der Waals surface area (Å²) in [5.41, 5.74) is 1.24. The fraction of sp³-hybridized carbons (Fsp3) is 0.722. The summed E-state index contributed by atoms with van der Waals surface area (Å²) in [6, 6.07) is 2.13. The lowest BCUT2D eigenvalue weighted by Gasteiger charge is -2.50. The van der Waals surface area contributed by atoms with Gasteiger partial charge in [-0.15, -0.1) is 0 Å². The molecule has 0 aromatic carbocycles. The van der Waals surface area contributed by atoms with Crippen molar-refractivity contribution in [3.8, 4) is 0 Å². The third-order valence-electron chi connectivity index (χ3n) is 5.73. The number of likely N-dealkylation sites (tertiary alicyclic amines) is 2. The standard InChI is InChI=1S/C18H27N3O3/c22-17(21-7-1-2-8-21)19-6-3-16-5-10-24-18(16)13-20(14-18)11-15-4-9-23-12-15/h4,9,12,16H,1-3,5-8,10-11,13-14H2,(H,19,22)/t16-/m0/s1. The van der Waals surface area contributed by atoms with Crippen LogP contribution < -0.4 is 5.32 Å². The molecule has 0 saturated carbocycles. The van der Waals surface area contributed by atoms with E-state index < -0.39 is 0 Å². The lowest BCUT2D eigenvalue weighted by Crippen LogP contribution is -2.64. The van der Waals surface area contributed by atoms with E-state index in [9.17, 15) is 4.79 Å². The molecule has 6 heteroatoms. The normalized spacial score (nSPS) is 26.0. The Hall–Kier alpha value is -1.53. The van der Waals surface area contributed by atoms with E-state index in [0.29, 0.717) is 5.92 Å². The van der Waals surface area contributed by atoms with Crippen LogP contribution in [0.25, 0.3) is 0 Å². The van der Waals surface area contributed by atoms with Gasteiger partial charge in [-0.2, -0.15) is 0 Å². The molecule has 3 aliphatic heterocycles. The predicted molar refractivity (Wildman–Crippen MR) is 89.6 cm³/mol. The summed E-state index contributed by atoms with van der Waals surface area (Å²) in [5, 5.41) is 3.09. The number of hydrogen-bond acceptors (Lipinski definition) is 4. The number of nitrogens with one attached hydrogen (secondary N) is 1. The smallest absolute Gasteiger partial charge is 0.317 e. The van der Waals surface area contributed by atoms with E-state index in [4.69, 9.17) is 9.15 Å². The molecule has 1 atom stereocenters. The molecule has 4 heterocycles. The summed E-state index contributed by atoms with van der Waals surface area (Å²) in [4.78, 5) is 16.4. The molecule has 3 aliphatic rings. The molecule has 1 aromatic rings. The Balaban J connectivity index is 1.22. The maximum Gasteiger partial charge on any atom is 0.317 e. The zero-order chi connectivity index (χ0) is 16.4. The quantitative estimate of drug-likeness (QED) is 0.896. The maximum atomic E-state index is 12.1. The van der Waals surface area contributed by atoms with Gasteiger partial charge >= 0.3 is 6.03 Å². The molecule has 24 heavy (non-hydrogen) atoms. The summed E-state index contributed by atoms with van der Waals surface area (Å²) in [7, 11) is 0. The number of furan rings is 1. The highest BCUT2D eigenvalue weighted by Crippen LogP contribution is 2.42. The van der Waals surface area contributed by atoms with Crippen molar-refractivity contribution < 1.29 is 13.9 Å². The van der Waals surface area contributed by atoms with Crippen molar-refractivity contribution in [2.75, 3.05) is 39.3 Å². The van der Waals surface area contributed by atoms with E-state index in [1.54, 1.807) is 6.26 Å². The Morgan fingerprint density at radius 2 is 2.17 bits per heavy atom. The second-order valence-electron chi connectivity index (χ2n) is 7.39. The predicted octanol–water partition coefficient (Wildman–Crippen LogP) is 2.07. The second-order valence-corrected chi connectivity index (χ2v) is 7.39. The zero-order valence-corrected chi connectivity index (χ0v) is 14.2. The molecule has 0 unspecified atom stereocenters. The Morgan fingerprint density at radius 3 is 2.92 bits per heavy atom. The minimum atomic E-state index is 0.0160. The van der Waals surface area contributed by atoms with Crippen LogP contribution in [0.4, 0.5) is 4.79 Å². The number of ether oxygens (including phenoxy) is 1. The van der Waals surface area contributed by atoms with Crippen LogP contribution in [0.3, 0.4) is 0 Å². The van der Waals surface area contributed by atoms with Crippen LogP contribution in [0.1, 0.15) is 31.2 Å². The van der Waals surface area contributed by atoms with E-state index in [-0.39, 0.29) is 11.6 Å². The van der Waals surface area contributed by atoms with Crippen LogP contribution in [0.2, 0.25) is 0 Å². The molecule has 0 bridgehead atoms. The lowest BCUT2D eigenvalue weighted by molar-refractivity contribution is -0.136. The van der Waals surface area contributed by atoms with Crippen molar-refractivity contribution in [2.24, 2.45) is 5.92 Å². The molecular weight excluding hydrogens is 306 g/mol. The average Bonchev–Trinajstić information content (AvgIpc) is 3.28. The average molecular weight is 333 g/mol. The van der Waals surface area contributed by atoms with Crippen molar-refractivity contribution in [1.29, 1.82) is 0 Å². The molecular formula is C18H27N3O3. The summed E-state index contributed by atoms with van der Waals surface area (Å²) in [6.07, 6.45) is 7.94. The lowest BCUT2D eigenvalue weighted by atomic mass is 9.79. The van der Waals surface area contributed by atoms with Crippen LogP contribution in [-0.4, -0.2) is 60.8 Å². The van der Waals surface area contributed by atoms with Gasteiger partial charge < -0.3 is 19.4 Å². The molecule has 3 saturated heterocycles. The minimum absolute atomic E-state index is 0.0160. The first-order valence-corrected chi connectivity index (χ1v) is 9.15. The van der Waals surface area contributed by atoms with Crippen LogP contribution in [0, 0.1) is 5.92 Å². The van der Waals surface area contributed by atoms with Gasteiger partial charge in [0.1, 0.15) is 0 Å². The Morgan fingerprint density at radius 1 is 1.33 bits per heavy atom. The molecule has 1 aromatic heterocycles. The molecule has 3 fully saturated rings. The van der Waals surface area contributed by atoms with E-state index >= 15 is 0 Å². The van der Waals surface area contributed by atoms with Crippen LogP contribution in [0.15, 0.2) is 23.0 Å². The zero-order valence-electron chi connectivity index (χ0n) is 14.2. The molecule has 2 amide bonds. The molecule has 0 radical (unpaired) electrons. The first-order chi connectivity index (χ1) is 11.8. The SMILES string of the molecule is O=C(NCC[C@H]1CCOC12CN(Cc1ccoc1)C2)N1CCCC1.